The lowest BCUT2D eigenvalue weighted by molar-refractivity contribution is -0.275. The van der Waals surface area contributed by atoms with Gasteiger partial charge in [0.05, 0.1) is 11.4 Å². The first kappa shape index (κ1) is 13.9. The molecule has 0 unspecified atom stereocenters. The van der Waals surface area contributed by atoms with Crippen LogP contribution in [0.1, 0.15) is 0 Å². The molecule has 0 spiro atoms. The van der Waals surface area contributed by atoms with Crippen molar-refractivity contribution in [1.29, 1.82) is 0 Å². The largest absolute Gasteiger partial charge is 0.573 e. The van der Waals surface area contributed by atoms with Gasteiger partial charge < -0.3 is 20.9 Å². The lowest BCUT2D eigenvalue weighted by Gasteiger charge is -2.14. The Morgan fingerprint density at radius 2 is 1.50 bits per heavy atom. The number of hydrogen-bond donors (Lipinski definition) is 2. The Labute approximate surface area is 112 Å². The molecule has 0 aliphatic carbocycles. The molecule has 0 aromatic heterocycles. The van der Waals surface area contributed by atoms with Crippen molar-refractivity contribution in [1.82, 2.24) is 0 Å². The summed E-state index contributed by atoms with van der Waals surface area (Å²) in [5, 5.41) is 0. The number of nitrogen functional groups attached to an aromatic ring is 2. The van der Waals surface area contributed by atoms with E-state index in [1.54, 1.807) is 0 Å². The second kappa shape index (κ2) is 5.20. The van der Waals surface area contributed by atoms with Gasteiger partial charge in [-0.2, -0.15) is 0 Å². The van der Waals surface area contributed by atoms with Gasteiger partial charge in [-0.15, -0.1) is 13.2 Å². The van der Waals surface area contributed by atoms with Gasteiger partial charge in [-0.1, -0.05) is 12.1 Å². The number of halogens is 3. The first-order chi connectivity index (χ1) is 9.35. The van der Waals surface area contributed by atoms with E-state index in [4.69, 9.17) is 16.2 Å². The monoisotopic (exact) mass is 284 g/mol. The molecule has 106 valence electrons. The van der Waals surface area contributed by atoms with Gasteiger partial charge in [0, 0.05) is 6.07 Å². The second-order valence-electron chi connectivity index (χ2n) is 3.89. The Morgan fingerprint density at radius 1 is 0.850 bits per heavy atom. The first-order valence-corrected chi connectivity index (χ1v) is 5.53. The summed E-state index contributed by atoms with van der Waals surface area (Å²) in [6, 6.07) is 9.86. The van der Waals surface area contributed by atoms with Gasteiger partial charge in [-0.25, -0.2) is 0 Å². The Balaban J connectivity index is 2.27. The molecule has 4 nitrogen and oxygen atoms in total. The molecule has 20 heavy (non-hydrogen) atoms. The van der Waals surface area contributed by atoms with Gasteiger partial charge in [-0.05, 0) is 24.3 Å². The average molecular weight is 284 g/mol. The molecule has 0 aliphatic rings. The molecule has 0 heterocycles. The molecule has 7 heteroatoms. The van der Waals surface area contributed by atoms with Crippen LogP contribution in [-0.4, -0.2) is 6.36 Å². The molecule has 0 bridgehead atoms. The zero-order chi connectivity index (χ0) is 14.8. The van der Waals surface area contributed by atoms with E-state index in [2.05, 4.69) is 4.74 Å². The predicted molar refractivity (Wildman–Crippen MR) is 68.5 cm³/mol. The minimum absolute atomic E-state index is 0.0750. The Kier molecular flexibility index (Phi) is 3.60. The van der Waals surface area contributed by atoms with Gasteiger partial charge in [0.15, 0.2) is 11.5 Å². The van der Waals surface area contributed by atoms with E-state index in [0.29, 0.717) is 5.69 Å². The minimum atomic E-state index is -4.79. The van der Waals surface area contributed by atoms with Crippen molar-refractivity contribution >= 4 is 11.4 Å². The molecule has 0 aliphatic heterocycles. The van der Waals surface area contributed by atoms with Gasteiger partial charge in [-0.3, -0.25) is 0 Å². The van der Waals surface area contributed by atoms with E-state index in [0.717, 1.165) is 6.07 Å². The molecule has 0 radical (unpaired) electrons. The summed E-state index contributed by atoms with van der Waals surface area (Å²) >= 11 is 0. The Hall–Kier alpha value is -2.57. The highest BCUT2D eigenvalue weighted by Gasteiger charge is 2.32. The maximum atomic E-state index is 12.3. The van der Waals surface area contributed by atoms with Gasteiger partial charge >= 0.3 is 6.36 Å². The third-order valence-electron chi connectivity index (χ3n) is 2.36. The van der Waals surface area contributed by atoms with Crippen molar-refractivity contribution in [2.24, 2.45) is 0 Å². The topological polar surface area (TPSA) is 70.5 Å². The number of alkyl halides is 3. The van der Waals surface area contributed by atoms with E-state index in [9.17, 15) is 13.2 Å². The maximum absolute atomic E-state index is 12.3. The molecule has 2 rings (SSSR count). The van der Waals surface area contributed by atoms with Gasteiger partial charge in [0.1, 0.15) is 5.75 Å². The molecule has 0 fully saturated rings. The SMILES string of the molecule is Nc1ccc(Oc2ccccc2OC(F)(F)F)cc1N. The maximum Gasteiger partial charge on any atom is 0.573 e. The summed E-state index contributed by atoms with van der Waals surface area (Å²) < 4.78 is 46.0. The summed E-state index contributed by atoms with van der Waals surface area (Å²) in [7, 11) is 0. The average Bonchev–Trinajstić information content (AvgIpc) is 2.34. The van der Waals surface area contributed by atoms with Crippen molar-refractivity contribution in [2.45, 2.75) is 6.36 Å². The zero-order valence-corrected chi connectivity index (χ0v) is 10.1. The van der Waals surface area contributed by atoms with E-state index >= 15 is 0 Å². The molecular formula is C13H11F3N2O2. The van der Waals surface area contributed by atoms with Crippen molar-refractivity contribution < 1.29 is 22.6 Å². The van der Waals surface area contributed by atoms with Crippen LogP contribution < -0.4 is 20.9 Å². The van der Waals surface area contributed by atoms with E-state index in [1.165, 1.54) is 36.4 Å². The van der Waals surface area contributed by atoms with Crippen LogP contribution in [0.2, 0.25) is 0 Å². The number of benzene rings is 2. The number of rotatable bonds is 3. The number of hydrogen-bond acceptors (Lipinski definition) is 4. The fraction of sp³-hybridized carbons (Fsp3) is 0.0769. The van der Waals surface area contributed by atoms with Gasteiger partial charge in [0.2, 0.25) is 0 Å². The fourth-order valence-electron chi connectivity index (χ4n) is 1.49. The summed E-state index contributed by atoms with van der Waals surface area (Å²) in [4.78, 5) is 0. The number of ether oxygens (including phenoxy) is 2. The van der Waals surface area contributed by atoms with Crippen LogP contribution in [0.3, 0.4) is 0 Å². The summed E-state index contributed by atoms with van der Waals surface area (Å²) in [5.74, 6) is -0.251. The van der Waals surface area contributed by atoms with Crippen molar-refractivity contribution in [3.8, 4) is 17.2 Å². The van der Waals surface area contributed by atoms with Crippen LogP contribution in [0.4, 0.5) is 24.5 Å². The number of anilines is 2. The molecule has 0 atom stereocenters. The molecule has 4 N–H and O–H groups in total. The third kappa shape index (κ3) is 3.47. The zero-order valence-electron chi connectivity index (χ0n) is 10.1. The first-order valence-electron chi connectivity index (χ1n) is 5.53. The van der Waals surface area contributed by atoms with Crippen LogP contribution in [0.15, 0.2) is 42.5 Å². The number of nitrogens with two attached hydrogens (primary N) is 2. The lowest BCUT2D eigenvalue weighted by Crippen LogP contribution is -2.17. The lowest BCUT2D eigenvalue weighted by atomic mass is 10.2. The van der Waals surface area contributed by atoms with E-state index < -0.39 is 12.1 Å². The second-order valence-corrected chi connectivity index (χ2v) is 3.89. The summed E-state index contributed by atoms with van der Waals surface area (Å²) in [6.07, 6.45) is -4.79. The smallest absolute Gasteiger partial charge is 0.453 e. The molecule has 0 saturated heterocycles. The van der Waals surface area contributed by atoms with E-state index in [-0.39, 0.29) is 17.2 Å². The molecule has 2 aromatic carbocycles. The quantitative estimate of drug-likeness (QED) is 0.846. The molecular weight excluding hydrogens is 273 g/mol. The van der Waals surface area contributed by atoms with Crippen LogP contribution in [0, 0.1) is 0 Å². The predicted octanol–water partition coefficient (Wildman–Crippen LogP) is 3.54. The van der Waals surface area contributed by atoms with E-state index in [1.807, 2.05) is 0 Å². The third-order valence-corrected chi connectivity index (χ3v) is 2.36. The van der Waals surface area contributed by atoms with Crippen LogP contribution in [0.5, 0.6) is 17.2 Å². The highest BCUT2D eigenvalue weighted by atomic mass is 19.4. The molecule has 0 saturated carbocycles. The normalized spacial score (nSPS) is 11.2. The van der Waals surface area contributed by atoms with Crippen molar-refractivity contribution in [3.05, 3.63) is 42.5 Å². The molecule has 0 amide bonds. The van der Waals surface area contributed by atoms with Gasteiger partial charge in [0.25, 0.3) is 0 Å². The summed E-state index contributed by atoms with van der Waals surface area (Å²) in [6.45, 7) is 0. The molecule has 2 aromatic rings. The number of para-hydroxylation sites is 2. The Morgan fingerprint density at radius 3 is 2.10 bits per heavy atom. The van der Waals surface area contributed by atoms with Crippen LogP contribution in [-0.2, 0) is 0 Å². The van der Waals surface area contributed by atoms with Crippen LogP contribution in [0.25, 0.3) is 0 Å². The highest BCUT2D eigenvalue weighted by molar-refractivity contribution is 5.65. The fourth-order valence-corrected chi connectivity index (χ4v) is 1.49. The van der Waals surface area contributed by atoms with Crippen LogP contribution >= 0.6 is 0 Å². The Bertz CT molecular complexity index is 615. The minimum Gasteiger partial charge on any atom is -0.453 e. The standard InChI is InChI=1S/C13H11F3N2O2/c14-13(15,16)20-12-4-2-1-3-11(12)19-8-5-6-9(17)10(18)7-8/h1-7H,17-18H2. The van der Waals surface area contributed by atoms with Crippen molar-refractivity contribution in [3.63, 3.8) is 0 Å². The summed E-state index contributed by atoms with van der Waals surface area (Å²) in [5.41, 5.74) is 11.8. The highest BCUT2D eigenvalue weighted by Crippen LogP contribution is 2.35. The van der Waals surface area contributed by atoms with Crippen molar-refractivity contribution in [2.75, 3.05) is 11.5 Å².